The van der Waals surface area contributed by atoms with Crippen LogP contribution in [0.4, 0.5) is 22.4 Å². The van der Waals surface area contributed by atoms with Crippen molar-refractivity contribution in [1.82, 2.24) is 5.32 Å². The lowest BCUT2D eigenvalue weighted by Crippen LogP contribution is -2.55. The topological polar surface area (TPSA) is 55.4 Å². The molecule has 2 rings (SSSR count). The van der Waals surface area contributed by atoms with E-state index in [0.29, 0.717) is 18.9 Å². The Kier molecular flexibility index (Phi) is 5.35. The van der Waals surface area contributed by atoms with Gasteiger partial charge >= 0.3 is 12.3 Å². The molecule has 1 aliphatic carbocycles. The van der Waals surface area contributed by atoms with Crippen LogP contribution in [0, 0.1) is 5.82 Å². The summed E-state index contributed by atoms with van der Waals surface area (Å²) in [4.78, 5) is 24.8. The molecule has 1 fully saturated rings. The molecule has 144 valence electrons. The number of Topliss-reactive ketones (excluding diaryl/α,β-unsaturated/α-hetero) is 1. The second-order valence-electron chi connectivity index (χ2n) is 7.33. The number of ketones is 1. The van der Waals surface area contributed by atoms with Gasteiger partial charge in [-0.15, -0.1) is 0 Å². The fourth-order valence-corrected chi connectivity index (χ4v) is 3.07. The zero-order valence-corrected chi connectivity index (χ0v) is 14.8. The van der Waals surface area contributed by atoms with Gasteiger partial charge in [-0.1, -0.05) is 12.1 Å². The highest BCUT2D eigenvalue weighted by molar-refractivity contribution is 5.93. The monoisotopic (exact) mass is 375 g/mol. The summed E-state index contributed by atoms with van der Waals surface area (Å²) < 4.78 is 59.0. The molecule has 1 aromatic carbocycles. The molecule has 4 nitrogen and oxygen atoms in total. The van der Waals surface area contributed by atoms with Gasteiger partial charge in [-0.2, -0.15) is 13.2 Å². The fourth-order valence-electron chi connectivity index (χ4n) is 3.07. The van der Waals surface area contributed by atoms with Crippen LogP contribution in [-0.4, -0.2) is 17.5 Å². The van der Waals surface area contributed by atoms with E-state index in [1.807, 2.05) is 0 Å². The molecule has 1 atom stereocenters. The Morgan fingerprint density at radius 3 is 2.38 bits per heavy atom. The van der Waals surface area contributed by atoms with E-state index in [-0.39, 0.29) is 12.8 Å². The number of alkyl halides is 3. The van der Waals surface area contributed by atoms with Crippen molar-refractivity contribution in [3.63, 3.8) is 0 Å². The predicted octanol–water partition coefficient (Wildman–Crippen LogP) is 4.71. The summed E-state index contributed by atoms with van der Waals surface area (Å²) in [7, 11) is 0. The number of ether oxygens (including phenoxy) is 1. The Bertz CT molecular complexity index is 709. The van der Waals surface area contributed by atoms with Crippen molar-refractivity contribution in [1.29, 1.82) is 0 Å². The van der Waals surface area contributed by atoms with Crippen LogP contribution < -0.4 is 5.32 Å². The van der Waals surface area contributed by atoms with Crippen LogP contribution in [0.3, 0.4) is 0 Å². The van der Waals surface area contributed by atoms with E-state index in [4.69, 9.17) is 4.74 Å². The average molecular weight is 375 g/mol. The summed E-state index contributed by atoms with van der Waals surface area (Å²) in [5.74, 6) is -2.08. The standard InChI is InChI=1S/C18H21F4NO3/c1-16(2,3)26-15(25)23-17(10-5-4-9-13(17)24)11-7-6-8-12(14(11)19)18(20,21)22/h6-8H,4-5,9-10H2,1-3H3,(H,23,25). The SMILES string of the molecule is CC(C)(C)OC(=O)NC1(c2cccc(C(F)(F)F)c2F)CCCCC1=O. The van der Waals surface area contributed by atoms with Gasteiger partial charge in [-0.3, -0.25) is 4.79 Å². The van der Waals surface area contributed by atoms with Gasteiger partial charge in [0.2, 0.25) is 0 Å². The number of carbonyl (C=O) groups is 2. The largest absolute Gasteiger partial charge is 0.444 e. The zero-order chi connectivity index (χ0) is 19.8. The van der Waals surface area contributed by atoms with Crippen LogP contribution in [0.15, 0.2) is 18.2 Å². The summed E-state index contributed by atoms with van der Waals surface area (Å²) in [6, 6.07) is 2.74. The maximum atomic E-state index is 14.7. The highest BCUT2D eigenvalue weighted by atomic mass is 19.4. The van der Waals surface area contributed by atoms with E-state index in [1.165, 1.54) is 0 Å². The minimum Gasteiger partial charge on any atom is -0.444 e. The third-order valence-electron chi connectivity index (χ3n) is 4.16. The summed E-state index contributed by atoms with van der Waals surface area (Å²) in [5.41, 5.74) is -4.71. The van der Waals surface area contributed by atoms with Crippen LogP contribution in [0.1, 0.15) is 57.6 Å². The minimum absolute atomic E-state index is 0.00328. The summed E-state index contributed by atoms with van der Waals surface area (Å²) >= 11 is 0. The molecule has 0 spiro atoms. The number of nitrogens with one attached hydrogen (secondary N) is 1. The lowest BCUT2D eigenvalue weighted by atomic mass is 9.75. The predicted molar refractivity (Wildman–Crippen MR) is 85.9 cm³/mol. The first-order valence-electron chi connectivity index (χ1n) is 8.27. The number of benzene rings is 1. The molecule has 1 amide bonds. The first-order chi connectivity index (χ1) is 11.9. The number of carbonyl (C=O) groups excluding carboxylic acids is 2. The molecular formula is C18H21F4NO3. The van der Waals surface area contributed by atoms with Crippen molar-refractivity contribution in [2.24, 2.45) is 0 Å². The zero-order valence-electron chi connectivity index (χ0n) is 14.8. The van der Waals surface area contributed by atoms with Crippen LogP contribution in [0.25, 0.3) is 0 Å². The molecule has 8 heteroatoms. The number of alkyl carbamates (subject to hydrolysis) is 1. The summed E-state index contributed by atoms with van der Waals surface area (Å²) in [5, 5.41) is 2.36. The molecule has 1 N–H and O–H groups in total. The first-order valence-corrected chi connectivity index (χ1v) is 8.27. The minimum atomic E-state index is -4.91. The van der Waals surface area contributed by atoms with Crippen molar-refractivity contribution in [3.8, 4) is 0 Å². The van der Waals surface area contributed by atoms with E-state index in [2.05, 4.69) is 5.32 Å². The Balaban J connectivity index is 2.53. The normalized spacial score (nSPS) is 21.4. The Labute approximate surface area is 148 Å². The van der Waals surface area contributed by atoms with Crippen molar-refractivity contribution in [2.45, 2.75) is 63.8 Å². The molecule has 1 saturated carbocycles. The van der Waals surface area contributed by atoms with E-state index >= 15 is 0 Å². The summed E-state index contributed by atoms with van der Waals surface area (Å²) in [6.07, 6.45) is -4.88. The Morgan fingerprint density at radius 1 is 1.19 bits per heavy atom. The van der Waals surface area contributed by atoms with Gasteiger partial charge < -0.3 is 10.1 Å². The summed E-state index contributed by atoms with van der Waals surface area (Å²) in [6.45, 7) is 4.81. The van der Waals surface area contributed by atoms with Crippen molar-refractivity contribution in [3.05, 3.63) is 35.1 Å². The van der Waals surface area contributed by atoms with Gasteiger partial charge in [0.1, 0.15) is 17.0 Å². The maximum absolute atomic E-state index is 14.7. The van der Waals surface area contributed by atoms with Crippen molar-refractivity contribution < 1.29 is 31.9 Å². The van der Waals surface area contributed by atoms with E-state index in [1.54, 1.807) is 20.8 Å². The van der Waals surface area contributed by atoms with Crippen LogP contribution in [0.2, 0.25) is 0 Å². The number of halogens is 4. The van der Waals surface area contributed by atoms with Crippen LogP contribution in [0.5, 0.6) is 0 Å². The smallest absolute Gasteiger partial charge is 0.419 e. The quantitative estimate of drug-likeness (QED) is 0.762. The molecule has 26 heavy (non-hydrogen) atoms. The van der Waals surface area contributed by atoms with Gasteiger partial charge in [-0.05, 0) is 46.1 Å². The molecule has 1 aromatic rings. The van der Waals surface area contributed by atoms with Crippen molar-refractivity contribution >= 4 is 11.9 Å². The van der Waals surface area contributed by atoms with E-state index in [9.17, 15) is 27.2 Å². The van der Waals surface area contributed by atoms with E-state index in [0.717, 1.165) is 12.1 Å². The molecule has 0 saturated heterocycles. The number of hydrogen-bond acceptors (Lipinski definition) is 3. The third-order valence-corrected chi connectivity index (χ3v) is 4.16. The molecular weight excluding hydrogens is 354 g/mol. The molecule has 0 aliphatic heterocycles. The first kappa shape index (κ1) is 20.2. The molecule has 0 heterocycles. The van der Waals surface area contributed by atoms with Gasteiger partial charge in [-0.25, -0.2) is 9.18 Å². The van der Waals surface area contributed by atoms with Crippen LogP contribution in [-0.2, 0) is 21.2 Å². The number of amides is 1. The van der Waals surface area contributed by atoms with Gasteiger partial charge in [0.15, 0.2) is 5.78 Å². The second-order valence-corrected chi connectivity index (χ2v) is 7.33. The molecule has 0 bridgehead atoms. The van der Waals surface area contributed by atoms with Gasteiger partial charge in [0.25, 0.3) is 0 Å². The molecule has 1 unspecified atom stereocenters. The average Bonchev–Trinajstić information content (AvgIpc) is 2.46. The molecule has 0 radical (unpaired) electrons. The molecule has 1 aliphatic rings. The Morgan fingerprint density at radius 2 is 1.85 bits per heavy atom. The highest BCUT2D eigenvalue weighted by Gasteiger charge is 2.47. The maximum Gasteiger partial charge on any atom is 0.419 e. The third kappa shape index (κ3) is 4.16. The second kappa shape index (κ2) is 6.89. The lowest BCUT2D eigenvalue weighted by molar-refractivity contribution is -0.140. The van der Waals surface area contributed by atoms with Gasteiger partial charge in [0, 0.05) is 12.0 Å². The van der Waals surface area contributed by atoms with E-state index < -0.39 is 46.1 Å². The van der Waals surface area contributed by atoms with Gasteiger partial charge in [0.05, 0.1) is 5.56 Å². The number of hydrogen-bond donors (Lipinski definition) is 1. The highest BCUT2D eigenvalue weighted by Crippen LogP contribution is 2.40. The molecule has 0 aromatic heterocycles. The Hall–Kier alpha value is -2.12. The lowest BCUT2D eigenvalue weighted by Gasteiger charge is -2.37. The van der Waals surface area contributed by atoms with Crippen molar-refractivity contribution in [2.75, 3.05) is 0 Å². The number of rotatable bonds is 2. The van der Waals surface area contributed by atoms with Crippen LogP contribution >= 0.6 is 0 Å². The fraction of sp³-hybridized carbons (Fsp3) is 0.556.